The molecule has 0 atom stereocenters. The largest absolute Gasteiger partial charge is 0.348 e. The van der Waals surface area contributed by atoms with Gasteiger partial charge in [-0.25, -0.2) is 4.98 Å². The Bertz CT molecular complexity index is 493. The van der Waals surface area contributed by atoms with Gasteiger partial charge in [-0.2, -0.15) is 0 Å². The van der Waals surface area contributed by atoms with Crippen LogP contribution in [-0.4, -0.2) is 45.8 Å². The van der Waals surface area contributed by atoms with Crippen molar-refractivity contribution in [3.8, 4) is 0 Å². The van der Waals surface area contributed by atoms with Gasteiger partial charge >= 0.3 is 0 Å². The zero-order valence-electron chi connectivity index (χ0n) is 11.3. The Labute approximate surface area is 117 Å². The van der Waals surface area contributed by atoms with Gasteiger partial charge in [0.25, 0.3) is 5.91 Å². The average molecular weight is 274 g/mol. The van der Waals surface area contributed by atoms with Crippen molar-refractivity contribution in [3.05, 3.63) is 24.3 Å². The van der Waals surface area contributed by atoms with Crippen molar-refractivity contribution in [2.45, 2.75) is 31.7 Å². The van der Waals surface area contributed by atoms with Gasteiger partial charge in [-0.15, -0.1) is 0 Å². The van der Waals surface area contributed by atoms with Crippen LogP contribution < -0.4 is 5.32 Å². The van der Waals surface area contributed by atoms with Crippen LogP contribution in [0.5, 0.6) is 0 Å². The minimum Gasteiger partial charge on any atom is -0.348 e. The third-order valence-corrected chi connectivity index (χ3v) is 3.86. The van der Waals surface area contributed by atoms with Crippen molar-refractivity contribution in [1.82, 2.24) is 20.2 Å². The topological polar surface area (TPSA) is 75.2 Å². The molecule has 1 aromatic rings. The van der Waals surface area contributed by atoms with Crippen LogP contribution in [0.25, 0.3) is 0 Å². The van der Waals surface area contributed by atoms with Crippen LogP contribution in [0.2, 0.25) is 0 Å². The van der Waals surface area contributed by atoms with Crippen molar-refractivity contribution in [3.63, 3.8) is 0 Å². The van der Waals surface area contributed by atoms with Crippen LogP contribution in [0.15, 0.2) is 18.6 Å². The second kappa shape index (κ2) is 5.56. The molecular weight excluding hydrogens is 256 g/mol. The summed E-state index contributed by atoms with van der Waals surface area (Å²) in [5, 5.41) is 2.96. The lowest BCUT2D eigenvalue weighted by Crippen LogP contribution is -2.47. The molecule has 6 heteroatoms. The molecule has 1 saturated heterocycles. The first-order chi connectivity index (χ1) is 9.74. The van der Waals surface area contributed by atoms with E-state index in [0.717, 1.165) is 38.8 Å². The zero-order chi connectivity index (χ0) is 13.9. The molecule has 20 heavy (non-hydrogen) atoms. The first-order valence-electron chi connectivity index (χ1n) is 7.09. The van der Waals surface area contributed by atoms with Crippen molar-refractivity contribution >= 4 is 11.8 Å². The van der Waals surface area contributed by atoms with Crippen LogP contribution in [0.4, 0.5) is 0 Å². The molecule has 0 bridgehead atoms. The molecule has 2 aliphatic rings. The van der Waals surface area contributed by atoms with E-state index < -0.39 is 0 Å². The van der Waals surface area contributed by atoms with Gasteiger partial charge in [0, 0.05) is 37.4 Å². The highest BCUT2D eigenvalue weighted by Crippen LogP contribution is 2.31. The number of hydrogen-bond acceptors (Lipinski definition) is 4. The lowest BCUT2D eigenvalue weighted by molar-refractivity contribution is -0.133. The fourth-order valence-electron chi connectivity index (χ4n) is 2.51. The Kier molecular flexibility index (Phi) is 3.62. The predicted octanol–water partition coefficient (Wildman–Crippen LogP) is 0.607. The maximum absolute atomic E-state index is 12.0. The highest BCUT2D eigenvalue weighted by atomic mass is 16.2. The lowest BCUT2D eigenvalue weighted by Gasteiger charge is -2.32. The molecular formula is C14H18N4O2. The summed E-state index contributed by atoms with van der Waals surface area (Å²) >= 11 is 0. The fourth-order valence-corrected chi connectivity index (χ4v) is 2.51. The van der Waals surface area contributed by atoms with E-state index in [0.29, 0.717) is 11.6 Å². The highest BCUT2D eigenvalue weighted by Gasteiger charge is 2.35. The number of aromatic nitrogens is 2. The fraction of sp³-hybridized carbons (Fsp3) is 0.571. The molecule has 2 fully saturated rings. The molecule has 2 amide bonds. The molecule has 0 aromatic carbocycles. The first-order valence-corrected chi connectivity index (χ1v) is 7.09. The van der Waals surface area contributed by atoms with Crippen LogP contribution in [0, 0.1) is 5.92 Å². The quantitative estimate of drug-likeness (QED) is 0.876. The summed E-state index contributed by atoms with van der Waals surface area (Å²) in [6, 6.07) is 0.118. The van der Waals surface area contributed by atoms with E-state index in [2.05, 4.69) is 15.3 Å². The Hall–Kier alpha value is -1.98. The van der Waals surface area contributed by atoms with E-state index in [1.54, 1.807) is 6.20 Å². The second-order valence-electron chi connectivity index (χ2n) is 5.44. The molecule has 2 heterocycles. The first kappa shape index (κ1) is 13.0. The predicted molar refractivity (Wildman–Crippen MR) is 71.8 cm³/mol. The number of amides is 2. The molecule has 0 unspecified atom stereocenters. The Balaban J connectivity index is 1.49. The molecule has 1 saturated carbocycles. The number of likely N-dealkylation sites (tertiary alicyclic amines) is 1. The third-order valence-electron chi connectivity index (χ3n) is 3.86. The van der Waals surface area contributed by atoms with E-state index in [9.17, 15) is 9.59 Å². The molecule has 1 aromatic heterocycles. The molecule has 6 nitrogen and oxygen atoms in total. The normalized spacial score (nSPS) is 19.7. The Morgan fingerprint density at radius 3 is 2.50 bits per heavy atom. The standard InChI is InChI=1S/C14H18N4O2/c19-13(12-9-15-5-6-16-12)17-11-3-7-18(8-4-11)14(20)10-1-2-10/h5-6,9-11H,1-4,7-8H2,(H,17,19). The highest BCUT2D eigenvalue weighted by molar-refractivity contribution is 5.92. The van der Waals surface area contributed by atoms with E-state index in [4.69, 9.17) is 0 Å². The monoisotopic (exact) mass is 274 g/mol. The number of nitrogens with zero attached hydrogens (tertiary/aromatic N) is 3. The average Bonchev–Trinajstić information content (AvgIpc) is 3.33. The molecule has 0 spiro atoms. The van der Waals surface area contributed by atoms with E-state index in [1.165, 1.54) is 12.4 Å². The minimum absolute atomic E-state index is 0.118. The SMILES string of the molecule is O=C(NC1CCN(C(=O)C2CC2)CC1)c1cnccn1. The van der Waals surface area contributed by atoms with Gasteiger partial charge in [-0.3, -0.25) is 14.6 Å². The molecule has 1 aliphatic carbocycles. The van der Waals surface area contributed by atoms with Crippen LogP contribution in [0.3, 0.4) is 0 Å². The molecule has 106 valence electrons. The number of carbonyl (C=O) groups is 2. The number of hydrogen-bond donors (Lipinski definition) is 1. The van der Waals surface area contributed by atoms with Crippen LogP contribution in [-0.2, 0) is 4.79 Å². The van der Waals surface area contributed by atoms with Gasteiger partial charge in [0.05, 0.1) is 6.20 Å². The van der Waals surface area contributed by atoms with Crippen molar-refractivity contribution in [1.29, 1.82) is 0 Å². The summed E-state index contributed by atoms with van der Waals surface area (Å²) in [6.07, 6.45) is 8.21. The van der Waals surface area contributed by atoms with Crippen molar-refractivity contribution in [2.75, 3.05) is 13.1 Å². The van der Waals surface area contributed by atoms with Crippen LogP contribution >= 0.6 is 0 Å². The maximum Gasteiger partial charge on any atom is 0.271 e. The lowest BCUT2D eigenvalue weighted by atomic mass is 10.0. The van der Waals surface area contributed by atoms with Crippen molar-refractivity contribution < 1.29 is 9.59 Å². The summed E-state index contributed by atoms with van der Waals surface area (Å²) < 4.78 is 0. The summed E-state index contributed by atoms with van der Waals surface area (Å²) in [5.74, 6) is 0.384. The van der Waals surface area contributed by atoms with Gasteiger partial charge in [0.15, 0.2) is 0 Å². The third kappa shape index (κ3) is 2.95. The molecule has 0 radical (unpaired) electrons. The number of piperidine rings is 1. The molecule has 3 rings (SSSR count). The van der Waals surface area contributed by atoms with Gasteiger partial charge in [0.2, 0.25) is 5.91 Å². The zero-order valence-corrected chi connectivity index (χ0v) is 11.3. The molecule has 1 N–H and O–H groups in total. The van der Waals surface area contributed by atoms with Gasteiger partial charge < -0.3 is 10.2 Å². The minimum atomic E-state index is -0.190. The number of rotatable bonds is 3. The summed E-state index contributed by atoms with van der Waals surface area (Å²) in [6.45, 7) is 1.47. The molecule has 1 aliphatic heterocycles. The van der Waals surface area contributed by atoms with Crippen molar-refractivity contribution in [2.24, 2.45) is 5.92 Å². The van der Waals surface area contributed by atoms with Gasteiger partial charge in [0.1, 0.15) is 5.69 Å². The summed E-state index contributed by atoms with van der Waals surface area (Å²) in [5.41, 5.74) is 0.337. The smallest absolute Gasteiger partial charge is 0.271 e. The second-order valence-corrected chi connectivity index (χ2v) is 5.44. The van der Waals surface area contributed by atoms with E-state index in [-0.39, 0.29) is 17.9 Å². The van der Waals surface area contributed by atoms with Gasteiger partial charge in [-0.1, -0.05) is 0 Å². The Morgan fingerprint density at radius 2 is 1.90 bits per heavy atom. The summed E-state index contributed by atoms with van der Waals surface area (Å²) in [7, 11) is 0. The maximum atomic E-state index is 12.0. The number of carbonyl (C=O) groups excluding carboxylic acids is 2. The Morgan fingerprint density at radius 1 is 1.15 bits per heavy atom. The van der Waals surface area contributed by atoms with Crippen LogP contribution in [0.1, 0.15) is 36.2 Å². The number of nitrogens with one attached hydrogen (secondary N) is 1. The van der Waals surface area contributed by atoms with E-state index >= 15 is 0 Å². The van der Waals surface area contributed by atoms with Gasteiger partial charge in [-0.05, 0) is 25.7 Å². The van der Waals surface area contributed by atoms with E-state index in [1.807, 2.05) is 4.90 Å². The summed E-state index contributed by atoms with van der Waals surface area (Å²) in [4.78, 5) is 33.7.